The van der Waals surface area contributed by atoms with E-state index in [1.807, 2.05) is 0 Å². The lowest BCUT2D eigenvalue weighted by atomic mass is 9.84. The predicted molar refractivity (Wildman–Crippen MR) is 57.6 cm³/mol. The van der Waals surface area contributed by atoms with Crippen LogP contribution in [0, 0.1) is 5.41 Å². The third-order valence-corrected chi connectivity index (χ3v) is 2.22. The molecule has 4 heteroatoms. The second kappa shape index (κ2) is 3.92. The van der Waals surface area contributed by atoms with Gasteiger partial charge in [0.05, 0.1) is 0 Å². The first kappa shape index (κ1) is 12.7. The molecule has 1 aromatic rings. The number of carbonyl (C=O) groups excluding carboxylic acids is 1. The third kappa shape index (κ3) is 2.62. The van der Waals surface area contributed by atoms with Gasteiger partial charge in [0.1, 0.15) is 0 Å². The zero-order chi connectivity index (χ0) is 12.6. The lowest BCUT2D eigenvalue weighted by molar-refractivity contribution is 0.0160. The van der Waals surface area contributed by atoms with E-state index >= 15 is 0 Å². The number of pyridine rings is 1. The number of aromatic nitrogens is 1. The minimum absolute atomic E-state index is 0.00231. The van der Waals surface area contributed by atoms with E-state index < -0.39 is 11.3 Å². The average molecular weight is 227 g/mol. The standard InChI is InChI=1S/C12H15F2NO/c1-11(2,3)10(16)8-7-15-6-5-9(8)12(4,13)14/h5-7H,1-4H3. The Hall–Kier alpha value is -1.32. The maximum atomic E-state index is 13.3. The molecule has 0 saturated heterocycles. The van der Waals surface area contributed by atoms with Gasteiger partial charge >= 0.3 is 0 Å². The molecule has 0 fully saturated rings. The van der Waals surface area contributed by atoms with E-state index in [2.05, 4.69) is 4.98 Å². The van der Waals surface area contributed by atoms with Crippen molar-refractivity contribution < 1.29 is 13.6 Å². The van der Waals surface area contributed by atoms with Crippen molar-refractivity contribution >= 4 is 5.78 Å². The summed E-state index contributed by atoms with van der Waals surface area (Å²) in [5.41, 5.74) is -0.951. The van der Waals surface area contributed by atoms with E-state index in [-0.39, 0.29) is 16.9 Å². The van der Waals surface area contributed by atoms with Gasteiger partial charge in [-0.1, -0.05) is 20.8 Å². The highest BCUT2D eigenvalue weighted by Crippen LogP contribution is 2.32. The van der Waals surface area contributed by atoms with Crippen LogP contribution in [0.5, 0.6) is 0 Å². The summed E-state index contributed by atoms with van der Waals surface area (Å²) in [5, 5.41) is 0. The van der Waals surface area contributed by atoms with E-state index in [4.69, 9.17) is 0 Å². The number of rotatable bonds is 2. The Morgan fingerprint density at radius 3 is 2.25 bits per heavy atom. The Balaban J connectivity index is 3.31. The molecular weight excluding hydrogens is 212 g/mol. The molecule has 0 N–H and O–H groups in total. The number of alkyl halides is 2. The van der Waals surface area contributed by atoms with Gasteiger partial charge in [0.25, 0.3) is 5.92 Å². The van der Waals surface area contributed by atoms with Gasteiger partial charge in [0.15, 0.2) is 5.78 Å². The number of halogens is 2. The Morgan fingerprint density at radius 1 is 1.25 bits per heavy atom. The van der Waals surface area contributed by atoms with Gasteiger partial charge in [0.2, 0.25) is 0 Å². The highest BCUT2D eigenvalue weighted by molar-refractivity contribution is 6.00. The van der Waals surface area contributed by atoms with Gasteiger partial charge < -0.3 is 0 Å². The zero-order valence-electron chi connectivity index (χ0n) is 9.84. The Labute approximate surface area is 93.7 Å². The third-order valence-electron chi connectivity index (χ3n) is 2.22. The number of Topliss-reactive ketones (excluding diaryl/α,β-unsaturated/α-hetero) is 1. The Morgan fingerprint density at radius 2 is 1.81 bits per heavy atom. The summed E-state index contributed by atoms with van der Waals surface area (Å²) in [6.45, 7) is 5.86. The summed E-state index contributed by atoms with van der Waals surface area (Å²) in [4.78, 5) is 15.7. The van der Waals surface area contributed by atoms with E-state index in [1.165, 1.54) is 18.5 Å². The van der Waals surface area contributed by atoms with E-state index in [9.17, 15) is 13.6 Å². The van der Waals surface area contributed by atoms with Crippen LogP contribution in [0.15, 0.2) is 18.5 Å². The molecule has 1 aromatic heterocycles. The fourth-order valence-corrected chi connectivity index (χ4v) is 1.36. The Bertz CT molecular complexity index is 402. The first-order valence-corrected chi connectivity index (χ1v) is 5.01. The summed E-state index contributed by atoms with van der Waals surface area (Å²) in [6.07, 6.45) is 2.48. The molecule has 0 spiro atoms. The number of hydrogen-bond acceptors (Lipinski definition) is 2. The largest absolute Gasteiger partial charge is 0.294 e. The Kier molecular flexibility index (Phi) is 3.13. The van der Waals surface area contributed by atoms with E-state index in [0.29, 0.717) is 0 Å². The van der Waals surface area contributed by atoms with Crippen molar-refractivity contribution in [2.45, 2.75) is 33.6 Å². The molecule has 0 radical (unpaired) electrons. The van der Waals surface area contributed by atoms with Gasteiger partial charge in [0, 0.05) is 35.9 Å². The summed E-state index contributed by atoms with van der Waals surface area (Å²) < 4.78 is 26.6. The van der Waals surface area contributed by atoms with Crippen molar-refractivity contribution in [2.75, 3.05) is 0 Å². The molecule has 0 aliphatic rings. The molecule has 0 bridgehead atoms. The first-order chi connectivity index (χ1) is 7.14. The van der Waals surface area contributed by atoms with E-state index in [0.717, 1.165) is 6.92 Å². The molecule has 0 saturated carbocycles. The number of carbonyl (C=O) groups is 1. The van der Waals surface area contributed by atoms with Gasteiger partial charge in [-0.05, 0) is 6.07 Å². The van der Waals surface area contributed by atoms with Crippen LogP contribution in [0.25, 0.3) is 0 Å². The van der Waals surface area contributed by atoms with Crippen molar-refractivity contribution in [3.63, 3.8) is 0 Å². The molecule has 0 aromatic carbocycles. The summed E-state index contributed by atoms with van der Waals surface area (Å²) in [6, 6.07) is 1.19. The van der Waals surface area contributed by atoms with Crippen LogP contribution in [0.4, 0.5) is 8.78 Å². The lowest BCUT2D eigenvalue weighted by Gasteiger charge is -2.20. The minimum Gasteiger partial charge on any atom is -0.294 e. The molecule has 88 valence electrons. The van der Waals surface area contributed by atoms with Gasteiger partial charge in [-0.2, -0.15) is 0 Å². The highest BCUT2D eigenvalue weighted by Gasteiger charge is 2.33. The number of ketones is 1. The quantitative estimate of drug-likeness (QED) is 0.724. The van der Waals surface area contributed by atoms with Crippen molar-refractivity contribution in [1.82, 2.24) is 4.98 Å². The van der Waals surface area contributed by atoms with Gasteiger partial charge in [-0.3, -0.25) is 9.78 Å². The molecule has 16 heavy (non-hydrogen) atoms. The maximum absolute atomic E-state index is 13.3. The molecule has 0 aliphatic heterocycles. The highest BCUT2D eigenvalue weighted by atomic mass is 19.3. The smallest absolute Gasteiger partial charge is 0.271 e. The minimum atomic E-state index is -3.03. The zero-order valence-corrected chi connectivity index (χ0v) is 9.84. The molecule has 0 unspecified atom stereocenters. The number of nitrogens with zero attached hydrogens (tertiary/aromatic N) is 1. The topological polar surface area (TPSA) is 30.0 Å². The molecule has 1 rings (SSSR count). The van der Waals surface area contributed by atoms with Crippen molar-refractivity contribution in [2.24, 2.45) is 5.41 Å². The van der Waals surface area contributed by atoms with Crippen LogP contribution >= 0.6 is 0 Å². The second-order valence-electron chi connectivity index (χ2n) is 4.89. The monoisotopic (exact) mass is 227 g/mol. The fraction of sp³-hybridized carbons (Fsp3) is 0.500. The maximum Gasteiger partial charge on any atom is 0.271 e. The van der Waals surface area contributed by atoms with Crippen LogP contribution in [-0.4, -0.2) is 10.8 Å². The van der Waals surface area contributed by atoms with Crippen LogP contribution in [0.3, 0.4) is 0 Å². The van der Waals surface area contributed by atoms with Crippen molar-refractivity contribution in [3.8, 4) is 0 Å². The fourth-order valence-electron chi connectivity index (χ4n) is 1.36. The molecule has 1 heterocycles. The molecule has 0 aliphatic carbocycles. The first-order valence-electron chi connectivity index (χ1n) is 5.01. The summed E-state index contributed by atoms with van der Waals surface area (Å²) in [5.74, 6) is -3.35. The molecular formula is C12H15F2NO. The van der Waals surface area contributed by atoms with Crippen LogP contribution in [-0.2, 0) is 5.92 Å². The van der Waals surface area contributed by atoms with Crippen LogP contribution in [0.2, 0.25) is 0 Å². The normalized spacial score (nSPS) is 12.6. The lowest BCUT2D eigenvalue weighted by Crippen LogP contribution is -2.24. The predicted octanol–water partition coefficient (Wildman–Crippen LogP) is 3.42. The SMILES string of the molecule is CC(C)(C)C(=O)c1cnccc1C(C)(F)F. The molecule has 0 amide bonds. The van der Waals surface area contributed by atoms with E-state index in [1.54, 1.807) is 20.8 Å². The van der Waals surface area contributed by atoms with Crippen molar-refractivity contribution in [3.05, 3.63) is 29.6 Å². The van der Waals surface area contributed by atoms with Crippen molar-refractivity contribution in [1.29, 1.82) is 0 Å². The second-order valence-corrected chi connectivity index (χ2v) is 4.89. The van der Waals surface area contributed by atoms with Gasteiger partial charge in [-0.25, -0.2) is 8.78 Å². The number of hydrogen-bond donors (Lipinski definition) is 0. The van der Waals surface area contributed by atoms with Crippen LogP contribution < -0.4 is 0 Å². The van der Waals surface area contributed by atoms with Gasteiger partial charge in [-0.15, -0.1) is 0 Å². The molecule has 0 atom stereocenters. The van der Waals surface area contributed by atoms with Crippen LogP contribution in [0.1, 0.15) is 43.6 Å². The molecule has 2 nitrogen and oxygen atoms in total. The summed E-state index contributed by atoms with van der Waals surface area (Å²) in [7, 11) is 0. The summed E-state index contributed by atoms with van der Waals surface area (Å²) >= 11 is 0. The average Bonchev–Trinajstić information content (AvgIpc) is 2.14.